The van der Waals surface area contributed by atoms with Crippen molar-refractivity contribution < 1.29 is 0 Å². The van der Waals surface area contributed by atoms with Crippen LogP contribution in [0.3, 0.4) is 0 Å². The van der Waals surface area contributed by atoms with E-state index in [4.69, 9.17) is 5.73 Å². The van der Waals surface area contributed by atoms with Crippen LogP contribution in [0.15, 0.2) is 0 Å². The first-order chi connectivity index (χ1) is 6.18. The summed E-state index contributed by atoms with van der Waals surface area (Å²) in [6.45, 7) is 5.68. The Labute approximate surface area is 94.2 Å². The molecule has 0 amide bonds. The molecule has 0 aromatic heterocycles. The molecule has 0 heterocycles. The Kier molecular flexibility index (Phi) is 3.87. The van der Waals surface area contributed by atoms with E-state index >= 15 is 0 Å². The van der Waals surface area contributed by atoms with E-state index in [1.54, 1.807) is 0 Å². The molecule has 1 spiro atoms. The van der Waals surface area contributed by atoms with Crippen molar-refractivity contribution in [2.45, 2.75) is 46.0 Å². The molecule has 0 radical (unpaired) electrons. The molecule has 2 aliphatic carbocycles. The zero-order valence-electron chi connectivity index (χ0n) is 9.46. The van der Waals surface area contributed by atoms with Gasteiger partial charge in [-0.25, -0.2) is 0 Å². The fraction of sp³-hybridized carbons (Fsp3) is 1.00. The van der Waals surface area contributed by atoms with Crippen LogP contribution >= 0.6 is 12.4 Å². The zero-order valence-corrected chi connectivity index (χ0v) is 10.3. The minimum atomic E-state index is 0. The van der Waals surface area contributed by atoms with Crippen molar-refractivity contribution in [3.05, 3.63) is 0 Å². The van der Waals surface area contributed by atoms with E-state index in [1.165, 1.54) is 32.1 Å². The monoisotopic (exact) mass is 217 g/mol. The molecule has 1 atom stereocenters. The van der Waals surface area contributed by atoms with Gasteiger partial charge in [-0.05, 0) is 61.8 Å². The largest absolute Gasteiger partial charge is 0.330 e. The van der Waals surface area contributed by atoms with E-state index in [2.05, 4.69) is 13.8 Å². The predicted molar refractivity (Wildman–Crippen MR) is 63.6 cm³/mol. The van der Waals surface area contributed by atoms with Crippen molar-refractivity contribution in [1.29, 1.82) is 0 Å². The van der Waals surface area contributed by atoms with Gasteiger partial charge in [0.1, 0.15) is 0 Å². The van der Waals surface area contributed by atoms with Gasteiger partial charge in [-0.15, -0.1) is 12.4 Å². The summed E-state index contributed by atoms with van der Waals surface area (Å²) in [7, 11) is 0. The Morgan fingerprint density at radius 1 is 1.29 bits per heavy atom. The van der Waals surface area contributed by atoms with Gasteiger partial charge < -0.3 is 5.73 Å². The molecule has 2 N–H and O–H groups in total. The molecule has 0 aromatic rings. The molecule has 0 aromatic carbocycles. The van der Waals surface area contributed by atoms with Crippen LogP contribution in [0.5, 0.6) is 0 Å². The highest BCUT2D eigenvalue weighted by molar-refractivity contribution is 5.85. The van der Waals surface area contributed by atoms with Crippen LogP contribution in [0.25, 0.3) is 0 Å². The molecule has 14 heavy (non-hydrogen) atoms. The molecule has 1 unspecified atom stereocenters. The van der Waals surface area contributed by atoms with Gasteiger partial charge >= 0.3 is 0 Å². The molecular formula is C12H24ClN. The smallest absolute Gasteiger partial charge is 0.00433 e. The van der Waals surface area contributed by atoms with Crippen LogP contribution in [-0.4, -0.2) is 6.54 Å². The minimum Gasteiger partial charge on any atom is -0.330 e. The second-order valence-electron chi connectivity index (χ2n) is 5.58. The number of hydrogen-bond donors (Lipinski definition) is 1. The van der Waals surface area contributed by atoms with Crippen molar-refractivity contribution >= 4 is 12.4 Å². The lowest BCUT2D eigenvalue weighted by Gasteiger charge is -2.31. The standard InChI is InChI=1S/C12H23N.ClH/c1-9(2)10-3-5-12(6-4-10)7-11(12)8-13;/h9-11H,3-8,13H2,1-2H3;1H. The highest BCUT2D eigenvalue weighted by Gasteiger charge is 2.53. The topological polar surface area (TPSA) is 26.0 Å². The summed E-state index contributed by atoms with van der Waals surface area (Å²) in [6.07, 6.45) is 7.31. The molecule has 84 valence electrons. The average molecular weight is 218 g/mol. The lowest BCUT2D eigenvalue weighted by Crippen LogP contribution is -2.22. The van der Waals surface area contributed by atoms with E-state index in [0.29, 0.717) is 0 Å². The van der Waals surface area contributed by atoms with Crippen LogP contribution in [0.1, 0.15) is 46.0 Å². The van der Waals surface area contributed by atoms with Crippen LogP contribution in [0, 0.1) is 23.2 Å². The summed E-state index contributed by atoms with van der Waals surface area (Å²) in [5, 5.41) is 0. The Balaban J connectivity index is 0.000000980. The molecule has 1 nitrogen and oxygen atoms in total. The second-order valence-corrected chi connectivity index (χ2v) is 5.58. The third-order valence-corrected chi connectivity index (χ3v) is 4.61. The van der Waals surface area contributed by atoms with Crippen LogP contribution < -0.4 is 5.73 Å². The lowest BCUT2D eigenvalue weighted by molar-refractivity contribution is 0.198. The first-order valence-corrected chi connectivity index (χ1v) is 5.88. The van der Waals surface area contributed by atoms with Gasteiger partial charge in [0.25, 0.3) is 0 Å². The molecule has 0 aliphatic heterocycles. The maximum absolute atomic E-state index is 5.73. The molecular weight excluding hydrogens is 194 g/mol. The third kappa shape index (κ3) is 2.09. The lowest BCUT2D eigenvalue weighted by atomic mass is 9.74. The summed E-state index contributed by atoms with van der Waals surface area (Å²) in [5.41, 5.74) is 6.47. The van der Waals surface area contributed by atoms with Crippen molar-refractivity contribution in [1.82, 2.24) is 0 Å². The molecule has 2 aliphatic rings. The normalized spacial score (nSPS) is 41.1. The average Bonchev–Trinajstić information content (AvgIpc) is 2.80. The van der Waals surface area contributed by atoms with E-state index in [0.717, 1.165) is 29.7 Å². The van der Waals surface area contributed by atoms with Crippen LogP contribution in [-0.2, 0) is 0 Å². The summed E-state index contributed by atoms with van der Waals surface area (Å²) < 4.78 is 0. The fourth-order valence-electron chi connectivity index (χ4n) is 3.26. The van der Waals surface area contributed by atoms with Gasteiger partial charge in [-0.2, -0.15) is 0 Å². The zero-order chi connectivity index (χ0) is 9.47. The third-order valence-electron chi connectivity index (χ3n) is 4.61. The Bertz CT molecular complexity index is 183. The fourth-order valence-corrected chi connectivity index (χ4v) is 3.26. The van der Waals surface area contributed by atoms with Gasteiger partial charge in [0.05, 0.1) is 0 Å². The van der Waals surface area contributed by atoms with Crippen molar-refractivity contribution in [3.8, 4) is 0 Å². The van der Waals surface area contributed by atoms with Gasteiger partial charge in [0.15, 0.2) is 0 Å². The number of nitrogens with two attached hydrogens (primary N) is 1. The van der Waals surface area contributed by atoms with Gasteiger partial charge in [0, 0.05) is 0 Å². The molecule has 0 bridgehead atoms. The molecule has 2 fully saturated rings. The first-order valence-electron chi connectivity index (χ1n) is 5.88. The maximum Gasteiger partial charge on any atom is -0.00433 e. The van der Waals surface area contributed by atoms with Crippen molar-refractivity contribution in [3.63, 3.8) is 0 Å². The number of hydrogen-bond acceptors (Lipinski definition) is 1. The second kappa shape index (κ2) is 4.40. The SMILES string of the molecule is CC(C)C1CCC2(CC1)CC2CN.Cl. The van der Waals surface area contributed by atoms with Gasteiger partial charge in [-0.1, -0.05) is 13.8 Å². The molecule has 2 rings (SSSR count). The van der Waals surface area contributed by atoms with Gasteiger partial charge in [-0.3, -0.25) is 0 Å². The molecule has 2 saturated carbocycles. The highest BCUT2D eigenvalue weighted by atomic mass is 35.5. The van der Waals surface area contributed by atoms with Crippen LogP contribution in [0.2, 0.25) is 0 Å². The van der Waals surface area contributed by atoms with Crippen LogP contribution in [0.4, 0.5) is 0 Å². The van der Waals surface area contributed by atoms with Gasteiger partial charge in [0.2, 0.25) is 0 Å². The van der Waals surface area contributed by atoms with Crippen molar-refractivity contribution in [2.24, 2.45) is 28.9 Å². The van der Waals surface area contributed by atoms with E-state index in [9.17, 15) is 0 Å². The Hall–Kier alpha value is 0.250. The van der Waals surface area contributed by atoms with E-state index in [-0.39, 0.29) is 12.4 Å². The summed E-state index contributed by atoms with van der Waals surface area (Å²) in [6, 6.07) is 0. The number of rotatable bonds is 2. The van der Waals surface area contributed by atoms with E-state index in [1.807, 2.05) is 0 Å². The minimum absolute atomic E-state index is 0. The molecule has 2 heteroatoms. The maximum atomic E-state index is 5.73. The molecule has 0 saturated heterocycles. The first kappa shape index (κ1) is 12.3. The summed E-state index contributed by atoms with van der Waals surface area (Å²) >= 11 is 0. The quantitative estimate of drug-likeness (QED) is 0.756. The highest BCUT2D eigenvalue weighted by Crippen LogP contribution is 2.62. The summed E-state index contributed by atoms with van der Waals surface area (Å²) in [5.74, 6) is 2.79. The summed E-state index contributed by atoms with van der Waals surface area (Å²) in [4.78, 5) is 0. The Morgan fingerprint density at radius 3 is 2.21 bits per heavy atom. The number of halogens is 1. The van der Waals surface area contributed by atoms with E-state index < -0.39 is 0 Å². The Morgan fingerprint density at radius 2 is 1.86 bits per heavy atom. The van der Waals surface area contributed by atoms with Crippen molar-refractivity contribution in [2.75, 3.05) is 6.54 Å². The predicted octanol–water partition coefficient (Wildman–Crippen LogP) is 3.22.